The number of benzene rings is 1. The fourth-order valence-corrected chi connectivity index (χ4v) is 4.79. The van der Waals surface area contributed by atoms with Crippen molar-refractivity contribution in [2.45, 2.75) is 47.6 Å². The molecule has 3 rings (SSSR count). The Balaban J connectivity index is 1.88. The van der Waals surface area contributed by atoms with Gasteiger partial charge in [-0.3, -0.25) is 14.2 Å². The molecule has 30 heavy (non-hydrogen) atoms. The van der Waals surface area contributed by atoms with Crippen molar-refractivity contribution < 1.29 is 4.79 Å². The number of amides is 1. The molecule has 0 spiro atoms. The molecule has 0 unspecified atom stereocenters. The lowest BCUT2D eigenvalue weighted by Crippen LogP contribution is -2.37. The minimum atomic E-state index is -0.0738. The van der Waals surface area contributed by atoms with Crippen LogP contribution in [0.2, 0.25) is 0 Å². The van der Waals surface area contributed by atoms with Crippen LogP contribution in [0.1, 0.15) is 39.0 Å². The summed E-state index contributed by atoms with van der Waals surface area (Å²) in [5.41, 5.74) is 1.90. The van der Waals surface area contributed by atoms with E-state index in [1.165, 1.54) is 11.3 Å². The second-order valence-corrected chi connectivity index (χ2v) is 9.86. The summed E-state index contributed by atoms with van der Waals surface area (Å²) in [6, 6.07) is 9.96. The van der Waals surface area contributed by atoms with Crippen molar-refractivity contribution in [1.29, 1.82) is 0 Å². The van der Waals surface area contributed by atoms with Gasteiger partial charge in [0.05, 0.1) is 11.7 Å². The van der Waals surface area contributed by atoms with Crippen LogP contribution < -0.4 is 5.56 Å². The molecule has 0 atom stereocenters. The smallest absolute Gasteiger partial charge is 0.262 e. The largest absolute Gasteiger partial charge is 0.342 e. The molecule has 0 fully saturated rings. The maximum absolute atomic E-state index is 13.3. The van der Waals surface area contributed by atoms with E-state index in [4.69, 9.17) is 0 Å². The van der Waals surface area contributed by atoms with E-state index in [0.29, 0.717) is 30.2 Å². The number of hydrogen-bond acceptors (Lipinski definition) is 4. The summed E-state index contributed by atoms with van der Waals surface area (Å²) in [7, 11) is 0. The highest BCUT2D eigenvalue weighted by Crippen LogP contribution is 2.35. The van der Waals surface area contributed by atoms with Gasteiger partial charge in [0, 0.05) is 36.5 Å². The summed E-state index contributed by atoms with van der Waals surface area (Å²) < 4.78 is 1.59. The number of aryl methyl sites for hydroxylation is 2. The molecule has 0 radical (unpaired) electrons. The fraction of sp³-hybridized carbons (Fsp3) is 0.458. The van der Waals surface area contributed by atoms with Gasteiger partial charge >= 0.3 is 0 Å². The fourth-order valence-electron chi connectivity index (χ4n) is 3.78. The Labute approximate surface area is 182 Å². The highest BCUT2D eigenvalue weighted by molar-refractivity contribution is 7.19. The van der Waals surface area contributed by atoms with E-state index in [1.54, 1.807) is 10.9 Å². The summed E-state index contributed by atoms with van der Waals surface area (Å²) in [6.45, 7) is 12.3. The molecular formula is C24H31N3O2S. The summed E-state index contributed by atoms with van der Waals surface area (Å²) in [4.78, 5) is 34.4. The van der Waals surface area contributed by atoms with Crippen LogP contribution in [0.5, 0.6) is 0 Å². The molecule has 2 aromatic heterocycles. The first kappa shape index (κ1) is 22.2. The minimum absolute atomic E-state index is 0.0738. The summed E-state index contributed by atoms with van der Waals surface area (Å²) in [5.74, 6) is 0.917. The van der Waals surface area contributed by atoms with Crippen molar-refractivity contribution in [3.63, 3.8) is 0 Å². The van der Waals surface area contributed by atoms with Crippen molar-refractivity contribution >= 4 is 27.5 Å². The van der Waals surface area contributed by atoms with Gasteiger partial charge in [-0.1, -0.05) is 58.0 Å². The molecule has 3 aromatic rings. The Morgan fingerprint density at radius 2 is 1.73 bits per heavy atom. The van der Waals surface area contributed by atoms with Gasteiger partial charge in [0.1, 0.15) is 4.83 Å². The molecular weight excluding hydrogens is 394 g/mol. The number of hydrogen-bond donors (Lipinski definition) is 0. The lowest BCUT2D eigenvalue weighted by molar-refractivity contribution is -0.132. The third-order valence-electron chi connectivity index (χ3n) is 5.01. The molecule has 0 aliphatic heterocycles. The lowest BCUT2D eigenvalue weighted by atomic mass is 10.0. The van der Waals surface area contributed by atoms with Gasteiger partial charge in [0.15, 0.2) is 0 Å². The van der Waals surface area contributed by atoms with Crippen molar-refractivity contribution in [2.24, 2.45) is 11.8 Å². The van der Waals surface area contributed by atoms with Gasteiger partial charge in [0.2, 0.25) is 5.91 Å². The number of thiophene rings is 1. The van der Waals surface area contributed by atoms with Crippen LogP contribution in [-0.4, -0.2) is 33.4 Å². The first-order valence-electron chi connectivity index (χ1n) is 10.6. The molecule has 1 aromatic carbocycles. The average Bonchev–Trinajstić information content (AvgIpc) is 3.03. The zero-order chi connectivity index (χ0) is 21.8. The Morgan fingerprint density at radius 1 is 1.10 bits per heavy atom. The normalized spacial score (nSPS) is 11.6. The number of nitrogens with zero attached hydrogens (tertiary/aromatic N) is 3. The number of aromatic nitrogens is 2. The highest BCUT2D eigenvalue weighted by Gasteiger charge is 2.19. The van der Waals surface area contributed by atoms with Gasteiger partial charge in [-0.2, -0.15) is 0 Å². The maximum Gasteiger partial charge on any atom is 0.262 e. The van der Waals surface area contributed by atoms with Gasteiger partial charge in [-0.15, -0.1) is 11.3 Å². The molecule has 2 heterocycles. The van der Waals surface area contributed by atoms with E-state index in [9.17, 15) is 9.59 Å². The van der Waals surface area contributed by atoms with Crippen LogP contribution in [0.4, 0.5) is 0 Å². The third-order valence-corrected chi connectivity index (χ3v) is 6.02. The predicted molar refractivity (Wildman–Crippen MR) is 125 cm³/mol. The molecule has 0 aliphatic rings. The molecule has 160 valence electrons. The number of fused-ring (bicyclic) bond motifs is 1. The molecule has 6 heteroatoms. The zero-order valence-electron chi connectivity index (χ0n) is 18.5. The Morgan fingerprint density at radius 3 is 2.33 bits per heavy atom. The molecule has 5 nitrogen and oxygen atoms in total. The molecule has 0 aliphatic carbocycles. The van der Waals surface area contributed by atoms with Crippen molar-refractivity contribution in [3.8, 4) is 11.1 Å². The van der Waals surface area contributed by atoms with Crippen LogP contribution in [-0.2, 0) is 11.3 Å². The Kier molecular flexibility index (Phi) is 7.08. The van der Waals surface area contributed by atoms with Crippen LogP contribution in [0.15, 0.2) is 41.5 Å². The van der Waals surface area contributed by atoms with Gasteiger partial charge in [-0.25, -0.2) is 4.98 Å². The lowest BCUT2D eigenvalue weighted by Gasteiger charge is -2.26. The van der Waals surface area contributed by atoms with Crippen LogP contribution in [0.25, 0.3) is 21.3 Å². The maximum atomic E-state index is 13.3. The van der Waals surface area contributed by atoms with E-state index in [2.05, 4.69) is 32.7 Å². The predicted octanol–water partition coefficient (Wildman–Crippen LogP) is 4.96. The second kappa shape index (κ2) is 9.56. The van der Waals surface area contributed by atoms with Crippen molar-refractivity contribution in [3.05, 3.63) is 51.9 Å². The number of rotatable bonds is 8. The SMILES string of the molecule is Cc1sc2ncn(CCC(=O)N(CC(C)C)CC(C)C)c(=O)c2c1-c1ccccc1. The minimum Gasteiger partial charge on any atom is -0.342 e. The van der Waals surface area contributed by atoms with Crippen molar-refractivity contribution in [2.75, 3.05) is 13.1 Å². The summed E-state index contributed by atoms with van der Waals surface area (Å²) in [5, 5.41) is 0.653. The number of carbonyl (C=O) groups excluding carboxylic acids is 1. The Bertz CT molecular complexity index is 1060. The van der Waals surface area contributed by atoms with Gasteiger partial charge < -0.3 is 4.90 Å². The van der Waals surface area contributed by atoms with Crippen molar-refractivity contribution in [1.82, 2.24) is 14.5 Å². The van der Waals surface area contributed by atoms with E-state index >= 15 is 0 Å². The highest BCUT2D eigenvalue weighted by atomic mass is 32.1. The average molecular weight is 426 g/mol. The van der Waals surface area contributed by atoms with Gasteiger partial charge in [-0.05, 0) is 24.3 Å². The first-order chi connectivity index (χ1) is 14.3. The van der Waals surface area contributed by atoms with E-state index < -0.39 is 0 Å². The van der Waals surface area contributed by atoms with E-state index in [0.717, 1.165) is 33.9 Å². The summed E-state index contributed by atoms with van der Waals surface area (Å²) in [6.07, 6.45) is 1.88. The molecule has 0 bridgehead atoms. The van der Waals surface area contributed by atoms with Crippen LogP contribution >= 0.6 is 11.3 Å². The molecule has 0 N–H and O–H groups in total. The third kappa shape index (κ3) is 4.98. The molecule has 1 amide bonds. The quantitative estimate of drug-likeness (QED) is 0.512. The first-order valence-corrected chi connectivity index (χ1v) is 11.4. The van der Waals surface area contributed by atoms with E-state index in [1.807, 2.05) is 42.2 Å². The van der Waals surface area contributed by atoms with Crippen LogP contribution in [0.3, 0.4) is 0 Å². The van der Waals surface area contributed by atoms with E-state index in [-0.39, 0.29) is 11.5 Å². The van der Waals surface area contributed by atoms with Crippen LogP contribution in [0, 0.1) is 18.8 Å². The number of carbonyl (C=O) groups is 1. The summed E-state index contributed by atoms with van der Waals surface area (Å²) >= 11 is 1.54. The Hall–Kier alpha value is -2.47. The second-order valence-electron chi connectivity index (χ2n) is 8.66. The standard InChI is InChI=1S/C24H31N3O2S/c1-16(2)13-27(14-17(3)4)20(28)11-12-26-15-25-23-22(24(26)29)21(18(5)30-23)19-9-7-6-8-10-19/h6-10,15-17H,11-14H2,1-5H3. The van der Waals surface area contributed by atoms with Gasteiger partial charge in [0.25, 0.3) is 5.56 Å². The topological polar surface area (TPSA) is 55.2 Å². The zero-order valence-corrected chi connectivity index (χ0v) is 19.3. The molecule has 0 saturated heterocycles. The monoisotopic (exact) mass is 425 g/mol. The molecule has 0 saturated carbocycles.